The maximum atomic E-state index is 11.8. The van der Waals surface area contributed by atoms with E-state index in [0.717, 1.165) is 17.9 Å². The maximum absolute atomic E-state index is 11.8. The van der Waals surface area contributed by atoms with Crippen LogP contribution in [0.1, 0.15) is 39.0 Å². The minimum atomic E-state index is -1.15. The molecule has 0 aromatic heterocycles. The molecule has 1 aromatic carbocycles. The molecule has 1 nitrogen and oxygen atoms in total. The zero-order valence-corrected chi connectivity index (χ0v) is 10.4. The molecular weight excluding hydrogens is 203 g/mol. The van der Waals surface area contributed by atoms with Gasteiger partial charge in [-0.2, -0.15) is 0 Å². The summed E-state index contributed by atoms with van der Waals surface area (Å²) < 4.78 is 11.8. The summed E-state index contributed by atoms with van der Waals surface area (Å²) in [6.45, 7) is 2.21. The minimum absolute atomic E-state index is 0.850. The second-order valence-electron chi connectivity index (χ2n) is 3.85. The highest BCUT2D eigenvalue weighted by Gasteiger charge is 2.17. The summed E-state index contributed by atoms with van der Waals surface area (Å²) in [6.07, 6.45) is 7.04. The lowest BCUT2D eigenvalue weighted by Gasteiger charge is -1.94. The standard InChI is InChI=1S/C13H20OP/c1-2-3-4-5-9-12-15(14)13-10-7-6-8-11-13/h6-8,10-11H,2-5,9,12H2,1H3/q+1. The fraction of sp³-hybridized carbons (Fsp3) is 0.538. The predicted octanol–water partition coefficient (Wildman–Crippen LogP) is 4.11. The highest BCUT2D eigenvalue weighted by atomic mass is 31.1. The summed E-state index contributed by atoms with van der Waals surface area (Å²) in [5, 5.41) is 1.00. The Morgan fingerprint density at radius 1 is 1.00 bits per heavy atom. The average molecular weight is 223 g/mol. The number of rotatable bonds is 7. The van der Waals surface area contributed by atoms with Crippen LogP contribution in [-0.4, -0.2) is 6.16 Å². The molecule has 1 atom stereocenters. The molecule has 15 heavy (non-hydrogen) atoms. The molecule has 0 heterocycles. The molecule has 0 fully saturated rings. The van der Waals surface area contributed by atoms with E-state index in [-0.39, 0.29) is 0 Å². The maximum Gasteiger partial charge on any atom is 0.376 e. The Hall–Kier alpha value is -0.680. The van der Waals surface area contributed by atoms with Crippen molar-refractivity contribution in [2.24, 2.45) is 0 Å². The molecule has 0 spiro atoms. The van der Waals surface area contributed by atoms with Crippen LogP contribution in [0, 0.1) is 0 Å². The van der Waals surface area contributed by atoms with Gasteiger partial charge in [0.05, 0.1) is 0 Å². The largest absolute Gasteiger partial charge is 0.376 e. The van der Waals surface area contributed by atoms with Crippen molar-refractivity contribution in [3.8, 4) is 0 Å². The van der Waals surface area contributed by atoms with E-state index in [1.165, 1.54) is 25.7 Å². The molecule has 0 bridgehead atoms. The third kappa shape index (κ3) is 5.09. The monoisotopic (exact) mass is 223 g/mol. The summed E-state index contributed by atoms with van der Waals surface area (Å²) in [5.41, 5.74) is 0. The van der Waals surface area contributed by atoms with E-state index in [4.69, 9.17) is 0 Å². The van der Waals surface area contributed by atoms with Gasteiger partial charge in [0.1, 0.15) is 0 Å². The lowest BCUT2D eigenvalue weighted by Crippen LogP contribution is -1.96. The van der Waals surface area contributed by atoms with Gasteiger partial charge in [-0.15, -0.1) is 0 Å². The van der Waals surface area contributed by atoms with Gasteiger partial charge in [0, 0.05) is 0 Å². The molecule has 0 aliphatic heterocycles. The Balaban J connectivity index is 2.20. The van der Waals surface area contributed by atoms with Gasteiger partial charge in [0.25, 0.3) is 0 Å². The van der Waals surface area contributed by atoms with Crippen molar-refractivity contribution in [2.45, 2.75) is 39.0 Å². The lowest BCUT2D eigenvalue weighted by atomic mass is 10.2. The van der Waals surface area contributed by atoms with Crippen molar-refractivity contribution in [2.75, 3.05) is 6.16 Å². The van der Waals surface area contributed by atoms with E-state index in [1.807, 2.05) is 30.3 Å². The number of unbranched alkanes of at least 4 members (excludes halogenated alkanes) is 4. The van der Waals surface area contributed by atoms with Gasteiger partial charge in [0.2, 0.25) is 0 Å². The van der Waals surface area contributed by atoms with Crippen molar-refractivity contribution in [1.82, 2.24) is 0 Å². The number of hydrogen-bond acceptors (Lipinski definition) is 1. The fourth-order valence-corrected chi connectivity index (χ4v) is 2.86. The van der Waals surface area contributed by atoms with Gasteiger partial charge in [-0.1, -0.05) is 49.0 Å². The smallest absolute Gasteiger partial charge is 0.0681 e. The van der Waals surface area contributed by atoms with Gasteiger partial charge >= 0.3 is 7.80 Å². The van der Waals surface area contributed by atoms with Crippen LogP contribution in [0.4, 0.5) is 0 Å². The van der Waals surface area contributed by atoms with Gasteiger partial charge in [-0.05, 0) is 25.0 Å². The molecule has 0 radical (unpaired) electrons. The van der Waals surface area contributed by atoms with E-state index in [9.17, 15) is 4.57 Å². The molecular formula is C13H20OP+. The molecule has 2 heteroatoms. The molecule has 1 unspecified atom stereocenters. The minimum Gasteiger partial charge on any atom is -0.0681 e. The van der Waals surface area contributed by atoms with E-state index in [2.05, 4.69) is 6.92 Å². The quantitative estimate of drug-likeness (QED) is 0.502. The SMILES string of the molecule is CCCCCCC[P+](=O)c1ccccc1. The second-order valence-corrected chi connectivity index (χ2v) is 5.57. The van der Waals surface area contributed by atoms with Crippen molar-refractivity contribution in [3.05, 3.63) is 30.3 Å². The second kappa shape index (κ2) is 7.59. The van der Waals surface area contributed by atoms with Gasteiger partial charge in [-0.25, -0.2) is 0 Å². The summed E-state index contributed by atoms with van der Waals surface area (Å²) in [7, 11) is -1.15. The van der Waals surface area contributed by atoms with Crippen molar-refractivity contribution in [1.29, 1.82) is 0 Å². The Bertz CT molecular complexity index is 282. The molecule has 82 valence electrons. The molecule has 0 aliphatic carbocycles. The van der Waals surface area contributed by atoms with Gasteiger partial charge < -0.3 is 0 Å². The highest BCUT2D eigenvalue weighted by Crippen LogP contribution is 2.21. The van der Waals surface area contributed by atoms with Gasteiger partial charge in [-0.3, -0.25) is 0 Å². The topological polar surface area (TPSA) is 17.1 Å². The Morgan fingerprint density at radius 2 is 1.67 bits per heavy atom. The van der Waals surface area contributed by atoms with Crippen molar-refractivity contribution >= 4 is 13.1 Å². The Kier molecular flexibility index (Phi) is 6.27. The predicted molar refractivity (Wildman–Crippen MR) is 67.3 cm³/mol. The summed E-state index contributed by atoms with van der Waals surface area (Å²) in [5.74, 6) is 0. The molecule has 0 N–H and O–H groups in total. The molecule has 1 rings (SSSR count). The van der Waals surface area contributed by atoms with E-state index < -0.39 is 7.80 Å². The molecule has 0 aliphatic rings. The Labute approximate surface area is 93.7 Å². The summed E-state index contributed by atoms with van der Waals surface area (Å²) in [4.78, 5) is 0. The first kappa shape index (κ1) is 12.4. The summed E-state index contributed by atoms with van der Waals surface area (Å²) >= 11 is 0. The van der Waals surface area contributed by atoms with Crippen LogP contribution in [0.2, 0.25) is 0 Å². The average Bonchev–Trinajstić information content (AvgIpc) is 2.30. The lowest BCUT2D eigenvalue weighted by molar-refractivity contribution is 0.588. The third-order valence-corrected chi connectivity index (χ3v) is 4.11. The molecule has 0 amide bonds. The molecule has 0 saturated heterocycles. The number of hydrogen-bond donors (Lipinski definition) is 0. The fourth-order valence-electron chi connectivity index (χ4n) is 1.58. The normalized spacial score (nSPS) is 11.4. The zero-order valence-electron chi connectivity index (χ0n) is 9.48. The first-order valence-corrected chi connectivity index (χ1v) is 7.29. The van der Waals surface area contributed by atoms with E-state index in [0.29, 0.717) is 0 Å². The van der Waals surface area contributed by atoms with E-state index in [1.54, 1.807) is 0 Å². The van der Waals surface area contributed by atoms with Crippen molar-refractivity contribution in [3.63, 3.8) is 0 Å². The van der Waals surface area contributed by atoms with E-state index >= 15 is 0 Å². The number of benzene rings is 1. The van der Waals surface area contributed by atoms with Crippen LogP contribution < -0.4 is 5.30 Å². The van der Waals surface area contributed by atoms with Crippen molar-refractivity contribution < 1.29 is 4.57 Å². The first-order valence-electron chi connectivity index (χ1n) is 5.84. The van der Waals surface area contributed by atoms with Crippen LogP contribution >= 0.6 is 7.80 Å². The third-order valence-electron chi connectivity index (χ3n) is 2.51. The highest BCUT2D eigenvalue weighted by molar-refractivity contribution is 7.53. The van der Waals surface area contributed by atoms with Crippen LogP contribution in [0.3, 0.4) is 0 Å². The van der Waals surface area contributed by atoms with Crippen LogP contribution in [0.15, 0.2) is 30.3 Å². The molecule has 1 aromatic rings. The molecule has 0 saturated carbocycles. The van der Waals surface area contributed by atoms with Gasteiger partial charge in [0.15, 0.2) is 11.5 Å². The summed E-state index contributed by atoms with van der Waals surface area (Å²) in [6, 6.07) is 9.81. The van der Waals surface area contributed by atoms with Crippen LogP contribution in [0.5, 0.6) is 0 Å². The zero-order chi connectivity index (χ0) is 10.9. The Morgan fingerprint density at radius 3 is 2.33 bits per heavy atom. The van der Waals surface area contributed by atoms with Crippen LogP contribution in [-0.2, 0) is 4.57 Å². The van der Waals surface area contributed by atoms with Crippen LogP contribution in [0.25, 0.3) is 0 Å². The first-order chi connectivity index (χ1) is 7.34.